The largest absolute Gasteiger partial charge is 0.480 e. The van der Waals surface area contributed by atoms with Gasteiger partial charge in [0, 0.05) is 13.1 Å². The number of amides is 2. The number of aliphatic carboxylic acids is 1. The zero-order valence-corrected chi connectivity index (χ0v) is 12.4. The molecule has 19 heavy (non-hydrogen) atoms. The number of hydrogen-bond donors (Lipinski definition) is 2. The number of carbonyl (C=O) groups excluding carboxylic acids is 1. The molecule has 5 heteroatoms. The molecule has 0 aromatic heterocycles. The Kier molecular flexibility index (Phi) is 5.20. The topological polar surface area (TPSA) is 69.6 Å². The molecule has 1 saturated carbocycles. The molecule has 0 bridgehead atoms. The Morgan fingerprint density at radius 1 is 1.26 bits per heavy atom. The third kappa shape index (κ3) is 4.11. The molecule has 0 aliphatic heterocycles. The van der Waals surface area contributed by atoms with E-state index in [0.717, 1.165) is 31.6 Å². The summed E-state index contributed by atoms with van der Waals surface area (Å²) in [5.74, 6) is -0.243. The van der Waals surface area contributed by atoms with Gasteiger partial charge in [-0.3, -0.25) is 0 Å². The zero-order chi connectivity index (χ0) is 14.6. The number of urea groups is 1. The summed E-state index contributed by atoms with van der Waals surface area (Å²) in [4.78, 5) is 24.7. The van der Waals surface area contributed by atoms with Gasteiger partial charge < -0.3 is 15.3 Å². The summed E-state index contributed by atoms with van der Waals surface area (Å²) in [5.41, 5.74) is -1.23. The van der Waals surface area contributed by atoms with Crippen LogP contribution in [0.2, 0.25) is 0 Å². The first-order chi connectivity index (χ1) is 8.77. The van der Waals surface area contributed by atoms with Gasteiger partial charge in [0.25, 0.3) is 0 Å². The van der Waals surface area contributed by atoms with Crippen LogP contribution in [0.25, 0.3) is 0 Å². The van der Waals surface area contributed by atoms with E-state index in [4.69, 9.17) is 5.11 Å². The third-order valence-electron chi connectivity index (χ3n) is 4.22. The number of nitrogens with one attached hydrogen (secondary N) is 1. The third-order valence-corrected chi connectivity index (χ3v) is 4.22. The van der Waals surface area contributed by atoms with Gasteiger partial charge in [-0.15, -0.1) is 0 Å². The lowest BCUT2D eigenvalue weighted by Gasteiger charge is -2.35. The van der Waals surface area contributed by atoms with Gasteiger partial charge in [0.15, 0.2) is 0 Å². The fraction of sp³-hybridized carbons (Fsp3) is 0.857. The molecule has 2 N–H and O–H groups in total. The molecule has 0 atom stereocenters. The lowest BCUT2D eigenvalue weighted by Crippen LogP contribution is -2.55. The van der Waals surface area contributed by atoms with E-state index < -0.39 is 11.5 Å². The Balaban J connectivity index is 2.52. The van der Waals surface area contributed by atoms with E-state index in [2.05, 4.69) is 12.2 Å². The van der Waals surface area contributed by atoms with Crippen molar-refractivity contribution < 1.29 is 14.7 Å². The van der Waals surface area contributed by atoms with Gasteiger partial charge >= 0.3 is 12.0 Å². The lowest BCUT2D eigenvalue weighted by atomic mass is 9.84. The summed E-state index contributed by atoms with van der Waals surface area (Å²) in [6.07, 6.45) is 5.53. The summed E-state index contributed by atoms with van der Waals surface area (Å²) in [5, 5.41) is 11.6. The molecule has 1 fully saturated rings. The number of carboxylic acids is 1. The molecule has 0 unspecified atom stereocenters. The number of nitrogens with zero attached hydrogens (tertiary/aromatic N) is 1. The van der Waals surface area contributed by atoms with E-state index in [9.17, 15) is 9.59 Å². The van der Waals surface area contributed by atoms with Gasteiger partial charge in [0.2, 0.25) is 0 Å². The fourth-order valence-electron chi connectivity index (χ4n) is 2.52. The van der Waals surface area contributed by atoms with Crippen LogP contribution in [0.15, 0.2) is 0 Å². The maximum absolute atomic E-state index is 12.1. The predicted molar refractivity (Wildman–Crippen MR) is 74.0 cm³/mol. The van der Waals surface area contributed by atoms with E-state index in [-0.39, 0.29) is 12.1 Å². The normalized spacial score (nSPS) is 23.8. The predicted octanol–water partition coefficient (Wildman–Crippen LogP) is 2.46. The van der Waals surface area contributed by atoms with Gasteiger partial charge in [0.05, 0.1) is 0 Å². The molecule has 0 aromatic carbocycles. The summed E-state index contributed by atoms with van der Waals surface area (Å²) >= 11 is 0. The van der Waals surface area contributed by atoms with Gasteiger partial charge in [0.1, 0.15) is 5.54 Å². The number of carbonyl (C=O) groups is 2. The maximum Gasteiger partial charge on any atom is 0.328 e. The molecule has 1 rings (SSSR count). The molecule has 0 saturated heterocycles. The number of hydrogen-bond acceptors (Lipinski definition) is 2. The van der Waals surface area contributed by atoms with Gasteiger partial charge in [-0.25, -0.2) is 9.59 Å². The van der Waals surface area contributed by atoms with E-state index in [1.165, 1.54) is 20.3 Å². The molecule has 1 aliphatic rings. The van der Waals surface area contributed by atoms with Crippen molar-refractivity contribution in [3.05, 3.63) is 0 Å². The van der Waals surface area contributed by atoms with Crippen molar-refractivity contribution >= 4 is 12.0 Å². The maximum atomic E-state index is 12.1. The highest BCUT2D eigenvalue weighted by atomic mass is 16.4. The first-order valence-electron chi connectivity index (χ1n) is 7.06. The Morgan fingerprint density at radius 2 is 1.79 bits per heavy atom. The van der Waals surface area contributed by atoms with Crippen LogP contribution >= 0.6 is 0 Å². The first-order valence-corrected chi connectivity index (χ1v) is 7.06. The van der Waals surface area contributed by atoms with Crippen LogP contribution in [0.4, 0.5) is 4.79 Å². The Bertz CT molecular complexity index is 334. The van der Waals surface area contributed by atoms with Gasteiger partial charge in [-0.05, 0) is 45.4 Å². The lowest BCUT2D eigenvalue weighted by molar-refractivity contribution is -0.143. The molecule has 110 valence electrons. The van der Waals surface area contributed by atoms with Crippen molar-refractivity contribution in [3.63, 3.8) is 0 Å². The average molecular weight is 270 g/mol. The van der Waals surface area contributed by atoms with Crippen molar-refractivity contribution in [1.29, 1.82) is 0 Å². The molecule has 0 radical (unpaired) electrons. The molecule has 2 amide bonds. The summed E-state index contributed by atoms with van der Waals surface area (Å²) in [6.45, 7) is 5.20. The van der Waals surface area contributed by atoms with Crippen LogP contribution in [0.3, 0.4) is 0 Å². The molecule has 0 heterocycles. The molecular formula is C14H26N2O3. The SMILES string of the molecule is CCC1CCC(N(C)C(=O)NC(C)(C)C(=O)O)CC1. The minimum Gasteiger partial charge on any atom is -0.480 e. The Morgan fingerprint density at radius 3 is 2.21 bits per heavy atom. The fourth-order valence-corrected chi connectivity index (χ4v) is 2.52. The standard InChI is InChI=1S/C14H26N2O3/c1-5-10-6-8-11(9-7-10)16(4)13(19)15-14(2,3)12(17)18/h10-11H,5-9H2,1-4H3,(H,15,19)(H,17,18). The van der Waals surface area contributed by atoms with Gasteiger partial charge in [-0.2, -0.15) is 0 Å². The second-order valence-corrected chi connectivity index (χ2v) is 6.05. The average Bonchev–Trinajstić information content (AvgIpc) is 2.37. The molecular weight excluding hydrogens is 244 g/mol. The Hall–Kier alpha value is -1.26. The first kappa shape index (κ1) is 15.8. The summed E-state index contributed by atoms with van der Waals surface area (Å²) in [7, 11) is 1.75. The molecule has 1 aliphatic carbocycles. The molecule has 0 aromatic rings. The highest BCUT2D eigenvalue weighted by molar-refractivity contribution is 5.85. The van der Waals surface area contributed by atoms with Crippen LogP contribution in [-0.2, 0) is 4.79 Å². The van der Waals surface area contributed by atoms with E-state index >= 15 is 0 Å². The van der Waals surface area contributed by atoms with Gasteiger partial charge in [-0.1, -0.05) is 13.3 Å². The summed E-state index contributed by atoms with van der Waals surface area (Å²) in [6, 6.07) is -0.0697. The minimum atomic E-state index is -1.23. The molecule has 0 spiro atoms. The van der Waals surface area contributed by atoms with Crippen LogP contribution in [0, 0.1) is 5.92 Å². The number of carboxylic acid groups (broad SMARTS) is 1. The van der Waals surface area contributed by atoms with Crippen molar-refractivity contribution in [2.75, 3.05) is 7.05 Å². The smallest absolute Gasteiger partial charge is 0.328 e. The van der Waals surface area contributed by atoms with Crippen LogP contribution in [0.5, 0.6) is 0 Å². The van der Waals surface area contributed by atoms with E-state index in [0.29, 0.717) is 0 Å². The minimum absolute atomic E-state index is 0.229. The van der Waals surface area contributed by atoms with Crippen LogP contribution < -0.4 is 5.32 Å². The quantitative estimate of drug-likeness (QED) is 0.824. The van der Waals surface area contributed by atoms with Crippen molar-refractivity contribution in [3.8, 4) is 0 Å². The van der Waals surface area contributed by atoms with Crippen LogP contribution in [0.1, 0.15) is 52.9 Å². The highest BCUT2D eigenvalue weighted by Crippen LogP contribution is 2.29. The number of rotatable bonds is 4. The second kappa shape index (κ2) is 6.26. The highest BCUT2D eigenvalue weighted by Gasteiger charge is 2.32. The van der Waals surface area contributed by atoms with E-state index in [1.54, 1.807) is 11.9 Å². The summed E-state index contributed by atoms with van der Waals surface area (Å²) < 4.78 is 0. The van der Waals surface area contributed by atoms with Crippen molar-refractivity contribution in [2.24, 2.45) is 5.92 Å². The van der Waals surface area contributed by atoms with E-state index in [1.807, 2.05) is 0 Å². The second-order valence-electron chi connectivity index (χ2n) is 6.05. The Labute approximate surface area is 115 Å². The van der Waals surface area contributed by atoms with Crippen LogP contribution in [-0.4, -0.2) is 40.6 Å². The van der Waals surface area contributed by atoms with Crippen molar-refractivity contribution in [1.82, 2.24) is 10.2 Å². The van der Waals surface area contributed by atoms with Crippen molar-refractivity contribution in [2.45, 2.75) is 64.5 Å². The molecule has 5 nitrogen and oxygen atoms in total. The zero-order valence-electron chi connectivity index (χ0n) is 12.4. The monoisotopic (exact) mass is 270 g/mol.